The van der Waals surface area contributed by atoms with Crippen molar-refractivity contribution in [2.75, 3.05) is 25.0 Å². The van der Waals surface area contributed by atoms with Crippen molar-refractivity contribution in [3.8, 4) is 0 Å². The zero-order valence-corrected chi connectivity index (χ0v) is 11.6. The van der Waals surface area contributed by atoms with Crippen molar-refractivity contribution < 1.29 is 0 Å². The highest BCUT2D eigenvalue weighted by atomic mass is 35.5. The van der Waals surface area contributed by atoms with E-state index in [1.165, 1.54) is 13.0 Å². The molecule has 0 spiro atoms. The summed E-state index contributed by atoms with van der Waals surface area (Å²) in [6, 6.07) is 2.11. The van der Waals surface area contributed by atoms with Gasteiger partial charge >= 0.3 is 0 Å². The summed E-state index contributed by atoms with van der Waals surface area (Å²) < 4.78 is 1.63. The van der Waals surface area contributed by atoms with Gasteiger partial charge in [-0.2, -0.15) is 9.97 Å². The summed E-state index contributed by atoms with van der Waals surface area (Å²) in [5.41, 5.74) is 0. The first-order valence-electron chi connectivity index (χ1n) is 6.62. The van der Waals surface area contributed by atoms with E-state index < -0.39 is 0 Å². The molecule has 102 valence electrons. The Bertz CT molecular complexity index is 568. The summed E-state index contributed by atoms with van der Waals surface area (Å²) in [6.45, 7) is 5.51. The number of hydrogen-bond acceptors (Lipinski definition) is 5. The van der Waals surface area contributed by atoms with Crippen LogP contribution in [0.15, 0.2) is 12.3 Å². The smallest absolute Gasteiger partial charge is 0.255 e. The minimum atomic E-state index is 0.404. The molecule has 0 aliphatic carbocycles. The van der Waals surface area contributed by atoms with Crippen LogP contribution in [-0.4, -0.2) is 50.2 Å². The lowest BCUT2D eigenvalue weighted by Crippen LogP contribution is -2.42. The zero-order chi connectivity index (χ0) is 13.2. The lowest BCUT2D eigenvalue weighted by atomic mass is 10.1. The second kappa shape index (κ2) is 5.30. The predicted molar refractivity (Wildman–Crippen MR) is 74.6 cm³/mol. The van der Waals surface area contributed by atoms with Crippen molar-refractivity contribution in [1.82, 2.24) is 24.5 Å². The van der Waals surface area contributed by atoms with E-state index in [4.69, 9.17) is 11.6 Å². The number of hydrogen-bond donors (Lipinski definition) is 1. The number of aromatic nitrogens is 4. The molecule has 1 N–H and O–H groups in total. The van der Waals surface area contributed by atoms with Crippen molar-refractivity contribution in [3.63, 3.8) is 0 Å². The van der Waals surface area contributed by atoms with Gasteiger partial charge in [-0.1, -0.05) is 18.5 Å². The molecule has 3 heterocycles. The van der Waals surface area contributed by atoms with Gasteiger partial charge in [-0.15, -0.1) is 5.10 Å². The van der Waals surface area contributed by atoms with Gasteiger partial charge in [0, 0.05) is 18.8 Å². The molecule has 1 aliphatic rings. The minimum Gasteiger partial charge on any atom is -0.349 e. The lowest BCUT2D eigenvalue weighted by molar-refractivity contribution is 0.226. The van der Waals surface area contributed by atoms with Crippen molar-refractivity contribution in [2.45, 2.75) is 25.8 Å². The number of rotatable bonds is 3. The van der Waals surface area contributed by atoms with Crippen molar-refractivity contribution in [1.29, 1.82) is 0 Å². The molecule has 0 aromatic carbocycles. The molecule has 2 aromatic heterocycles. The molecule has 3 rings (SSSR count). The van der Waals surface area contributed by atoms with E-state index in [1.807, 2.05) is 0 Å². The van der Waals surface area contributed by atoms with Crippen LogP contribution in [-0.2, 0) is 0 Å². The van der Waals surface area contributed by atoms with Crippen LogP contribution in [0.4, 0.5) is 5.95 Å². The van der Waals surface area contributed by atoms with Crippen LogP contribution in [0, 0.1) is 0 Å². The first kappa shape index (κ1) is 12.6. The molecular weight excluding hydrogens is 264 g/mol. The third kappa shape index (κ3) is 2.79. The normalized spacial score (nSPS) is 20.8. The van der Waals surface area contributed by atoms with Gasteiger partial charge in [0.25, 0.3) is 5.78 Å². The number of likely N-dealkylation sites (N-methyl/N-ethyl adjacent to an activating group) is 1. The van der Waals surface area contributed by atoms with Crippen molar-refractivity contribution >= 4 is 23.3 Å². The summed E-state index contributed by atoms with van der Waals surface area (Å²) in [5, 5.41) is 8.17. The number of nitrogens with zero attached hydrogens (tertiary/aromatic N) is 5. The van der Waals surface area contributed by atoms with Gasteiger partial charge in [-0.05, 0) is 32.0 Å². The molecule has 0 amide bonds. The van der Waals surface area contributed by atoms with Crippen molar-refractivity contribution in [3.05, 3.63) is 17.4 Å². The van der Waals surface area contributed by atoms with E-state index >= 15 is 0 Å². The second-order valence-electron chi connectivity index (χ2n) is 4.81. The number of fused-ring (bicyclic) bond motifs is 1. The van der Waals surface area contributed by atoms with Crippen LogP contribution < -0.4 is 5.32 Å². The van der Waals surface area contributed by atoms with E-state index in [0.29, 0.717) is 22.9 Å². The molecule has 0 bridgehead atoms. The molecule has 0 saturated carbocycles. The molecule has 1 saturated heterocycles. The maximum atomic E-state index is 5.84. The summed E-state index contributed by atoms with van der Waals surface area (Å²) >= 11 is 5.84. The Balaban J connectivity index is 1.74. The van der Waals surface area contributed by atoms with Crippen molar-refractivity contribution in [2.24, 2.45) is 0 Å². The highest BCUT2D eigenvalue weighted by Crippen LogP contribution is 2.14. The monoisotopic (exact) mass is 280 g/mol. The third-order valence-corrected chi connectivity index (χ3v) is 3.67. The maximum absolute atomic E-state index is 5.84. The lowest BCUT2D eigenvalue weighted by Gasteiger charge is -2.31. The molecule has 1 fully saturated rings. The van der Waals surface area contributed by atoms with E-state index in [9.17, 15) is 0 Å². The van der Waals surface area contributed by atoms with Crippen LogP contribution in [0.1, 0.15) is 19.8 Å². The molecular formula is C12H17ClN6. The summed E-state index contributed by atoms with van der Waals surface area (Å²) in [4.78, 5) is 10.9. The van der Waals surface area contributed by atoms with Gasteiger partial charge < -0.3 is 10.2 Å². The molecule has 19 heavy (non-hydrogen) atoms. The zero-order valence-electron chi connectivity index (χ0n) is 10.9. The minimum absolute atomic E-state index is 0.404. The summed E-state index contributed by atoms with van der Waals surface area (Å²) in [7, 11) is 0. The average molecular weight is 281 g/mol. The molecule has 1 unspecified atom stereocenters. The first-order chi connectivity index (χ1) is 9.24. The number of piperidine rings is 1. The molecule has 1 atom stereocenters. The number of likely N-dealkylation sites (tertiary alicyclic amines) is 1. The SMILES string of the molecule is CCN1CCCC(Nc2nc3nc(Cl)ccn3n2)C1. The van der Waals surface area contributed by atoms with E-state index in [-0.39, 0.29) is 0 Å². The average Bonchev–Trinajstić information content (AvgIpc) is 2.80. The number of nitrogens with one attached hydrogen (secondary N) is 1. The van der Waals surface area contributed by atoms with Crippen LogP contribution in [0.2, 0.25) is 5.15 Å². The largest absolute Gasteiger partial charge is 0.349 e. The Labute approximate surface area is 116 Å². The predicted octanol–water partition coefficient (Wildman–Crippen LogP) is 1.67. The van der Waals surface area contributed by atoms with Crippen LogP contribution in [0.25, 0.3) is 5.78 Å². The van der Waals surface area contributed by atoms with Gasteiger partial charge in [0.2, 0.25) is 5.95 Å². The summed E-state index contributed by atoms with van der Waals surface area (Å²) in [6.07, 6.45) is 4.13. The molecule has 6 nitrogen and oxygen atoms in total. The fourth-order valence-corrected chi connectivity index (χ4v) is 2.59. The van der Waals surface area contributed by atoms with Crippen LogP contribution >= 0.6 is 11.6 Å². The standard InChI is InChI=1S/C12H17ClN6/c1-2-18-6-3-4-9(8-18)14-11-16-12-15-10(13)5-7-19(12)17-11/h5,7,9H,2-4,6,8H2,1H3,(H,14,17). The van der Waals surface area contributed by atoms with E-state index in [0.717, 1.165) is 19.5 Å². The Morgan fingerprint density at radius 3 is 3.21 bits per heavy atom. The molecule has 2 aromatic rings. The van der Waals surface area contributed by atoms with Gasteiger partial charge in [0.1, 0.15) is 5.15 Å². The molecule has 0 radical (unpaired) electrons. The molecule has 1 aliphatic heterocycles. The highest BCUT2D eigenvalue weighted by molar-refractivity contribution is 6.29. The number of anilines is 1. The first-order valence-corrected chi connectivity index (χ1v) is 7.00. The van der Waals surface area contributed by atoms with Gasteiger partial charge in [-0.25, -0.2) is 4.52 Å². The topological polar surface area (TPSA) is 58.3 Å². The Hall–Kier alpha value is -1.40. The molecule has 7 heteroatoms. The number of halogens is 1. The summed E-state index contributed by atoms with van der Waals surface area (Å²) in [5.74, 6) is 1.15. The fourth-order valence-electron chi connectivity index (χ4n) is 2.46. The Morgan fingerprint density at radius 2 is 2.37 bits per heavy atom. The van der Waals surface area contributed by atoms with Crippen LogP contribution in [0.5, 0.6) is 0 Å². The van der Waals surface area contributed by atoms with E-state index in [2.05, 4.69) is 32.2 Å². The second-order valence-corrected chi connectivity index (χ2v) is 5.19. The fraction of sp³-hybridized carbons (Fsp3) is 0.583. The van der Waals surface area contributed by atoms with Gasteiger partial charge in [0.05, 0.1) is 0 Å². The quantitative estimate of drug-likeness (QED) is 0.867. The van der Waals surface area contributed by atoms with Gasteiger partial charge in [-0.3, -0.25) is 0 Å². The van der Waals surface area contributed by atoms with Crippen LogP contribution in [0.3, 0.4) is 0 Å². The van der Waals surface area contributed by atoms with Gasteiger partial charge in [0.15, 0.2) is 0 Å². The Morgan fingerprint density at radius 1 is 1.47 bits per heavy atom. The van der Waals surface area contributed by atoms with E-state index in [1.54, 1.807) is 16.8 Å². The highest BCUT2D eigenvalue weighted by Gasteiger charge is 2.19. The maximum Gasteiger partial charge on any atom is 0.255 e. The Kier molecular flexibility index (Phi) is 3.52. The third-order valence-electron chi connectivity index (χ3n) is 3.46.